The van der Waals surface area contributed by atoms with Gasteiger partial charge < -0.3 is 14.6 Å². The molecule has 1 aliphatic heterocycles. The first-order valence-corrected chi connectivity index (χ1v) is 8.12. The molecule has 128 valence electrons. The van der Waals surface area contributed by atoms with Gasteiger partial charge in [0.25, 0.3) is 5.91 Å². The van der Waals surface area contributed by atoms with Crippen LogP contribution in [0.4, 0.5) is 4.39 Å². The Morgan fingerprint density at radius 2 is 1.96 bits per heavy atom. The highest BCUT2D eigenvalue weighted by Crippen LogP contribution is 2.21. The van der Waals surface area contributed by atoms with Crippen molar-refractivity contribution in [1.29, 1.82) is 0 Å². The number of benzene rings is 1. The standard InChI is InChI=1S/C18H22FN3O2/c1-21-8-2-3-16(21)17(22-9-11-24-12-10-22)13-20-18(23)14-4-6-15(19)7-5-14/h2-8,17H,9-13H2,1H3,(H,20,23). The monoisotopic (exact) mass is 331 g/mol. The maximum absolute atomic E-state index is 13.0. The van der Waals surface area contributed by atoms with Crippen molar-refractivity contribution in [3.8, 4) is 0 Å². The zero-order chi connectivity index (χ0) is 16.9. The Bertz CT molecular complexity index is 678. The van der Waals surface area contributed by atoms with Crippen LogP contribution in [0.1, 0.15) is 22.1 Å². The number of nitrogens with zero attached hydrogens (tertiary/aromatic N) is 2. The van der Waals surface area contributed by atoms with E-state index in [2.05, 4.69) is 20.9 Å². The Labute approximate surface area is 141 Å². The van der Waals surface area contributed by atoms with Gasteiger partial charge in [-0.1, -0.05) is 0 Å². The lowest BCUT2D eigenvalue weighted by Gasteiger charge is -2.35. The van der Waals surface area contributed by atoms with Gasteiger partial charge in [-0.15, -0.1) is 0 Å². The number of aryl methyl sites for hydroxylation is 1. The Balaban J connectivity index is 1.70. The zero-order valence-electron chi connectivity index (χ0n) is 13.7. The number of carbonyl (C=O) groups is 1. The molecule has 1 atom stereocenters. The molecule has 0 aliphatic carbocycles. The van der Waals surface area contributed by atoms with Crippen molar-refractivity contribution in [2.75, 3.05) is 32.8 Å². The van der Waals surface area contributed by atoms with Gasteiger partial charge in [0, 0.05) is 44.1 Å². The molecule has 0 spiro atoms. The summed E-state index contributed by atoms with van der Waals surface area (Å²) in [6, 6.07) is 9.75. The smallest absolute Gasteiger partial charge is 0.251 e. The topological polar surface area (TPSA) is 46.5 Å². The van der Waals surface area contributed by atoms with E-state index in [9.17, 15) is 9.18 Å². The molecular formula is C18H22FN3O2. The maximum atomic E-state index is 13.0. The van der Waals surface area contributed by atoms with Crippen LogP contribution in [0, 0.1) is 5.82 Å². The van der Waals surface area contributed by atoms with Gasteiger partial charge in [-0.3, -0.25) is 9.69 Å². The molecule has 1 aromatic heterocycles. The molecule has 1 aliphatic rings. The van der Waals surface area contributed by atoms with E-state index in [1.807, 2.05) is 19.3 Å². The van der Waals surface area contributed by atoms with Crippen molar-refractivity contribution < 1.29 is 13.9 Å². The van der Waals surface area contributed by atoms with Gasteiger partial charge in [-0.25, -0.2) is 4.39 Å². The molecule has 1 saturated heterocycles. The summed E-state index contributed by atoms with van der Waals surface area (Å²) in [5, 5.41) is 2.97. The molecule has 0 bridgehead atoms. The molecule has 1 unspecified atom stereocenters. The van der Waals surface area contributed by atoms with Crippen LogP contribution in [-0.4, -0.2) is 48.2 Å². The SMILES string of the molecule is Cn1cccc1C(CNC(=O)c1ccc(F)cc1)N1CCOCC1. The van der Waals surface area contributed by atoms with Gasteiger partial charge in [0.2, 0.25) is 0 Å². The van der Waals surface area contributed by atoms with E-state index in [0.29, 0.717) is 25.3 Å². The Morgan fingerprint density at radius 3 is 2.58 bits per heavy atom. The predicted octanol–water partition coefficient (Wildman–Crippen LogP) is 1.97. The lowest BCUT2D eigenvalue weighted by molar-refractivity contribution is 0.0148. The normalized spacial score (nSPS) is 16.8. The minimum atomic E-state index is -0.346. The number of hydrogen-bond acceptors (Lipinski definition) is 3. The number of amides is 1. The van der Waals surface area contributed by atoms with E-state index in [0.717, 1.165) is 18.8 Å². The third-order valence-electron chi connectivity index (χ3n) is 4.37. The van der Waals surface area contributed by atoms with Crippen LogP contribution in [-0.2, 0) is 11.8 Å². The van der Waals surface area contributed by atoms with Crippen molar-refractivity contribution in [3.63, 3.8) is 0 Å². The van der Waals surface area contributed by atoms with Crippen LogP contribution < -0.4 is 5.32 Å². The van der Waals surface area contributed by atoms with Gasteiger partial charge in [0.1, 0.15) is 5.82 Å². The fourth-order valence-corrected chi connectivity index (χ4v) is 3.02. The highest BCUT2D eigenvalue weighted by atomic mass is 19.1. The number of carbonyl (C=O) groups excluding carboxylic acids is 1. The molecule has 1 fully saturated rings. The number of hydrogen-bond donors (Lipinski definition) is 1. The minimum absolute atomic E-state index is 0.0818. The molecule has 2 aromatic rings. The average molecular weight is 331 g/mol. The highest BCUT2D eigenvalue weighted by Gasteiger charge is 2.25. The maximum Gasteiger partial charge on any atom is 0.251 e. The van der Waals surface area contributed by atoms with E-state index >= 15 is 0 Å². The van der Waals surface area contributed by atoms with Crippen molar-refractivity contribution in [2.24, 2.45) is 7.05 Å². The second-order valence-electron chi connectivity index (χ2n) is 5.93. The third kappa shape index (κ3) is 3.83. The molecule has 24 heavy (non-hydrogen) atoms. The first-order valence-electron chi connectivity index (χ1n) is 8.12. The van der Waals surface area contributed by atoms with Crippen molar-refractivity contribution in [1.82, 2.24) is 14.8 Å². The fourth-order valence-electron chi connectivity index (χ4n) is 3.02. The van der Waals surface area contributed by atoms with Crippen LogP contribution in [0.5, 0.6) is 0 Å². The summed E-state index contributed by atoms with van der Waals surface area (Å²) in [5.41, 5.74) is 1.61. The molecule has 2 heterocycles. The first kappa shape index (κ1) is 16.7. The average Bonchev–Trinajstić information content (AvgIpc) is 3.02. The molecule has 0 radical (unpaired) electrons. The second-order valence-corrected chi connectivity index (χ2v) is 5.93. The van der Waals surface area contributed by atoms with E-state index in [-0.39, 0.29) is 17.8 Å². The lowest BCUT2D eigenvalue weighted by atomic mass is 10.1. The summed E-state index contributed by atoms with van der Waals surface area (Å²) in [7, 11) is 2.00. The second kappa shape index (κ2) is 7.59. The largest absolute Gasteiger partial charge is 0.379 e. The first-order chi connectivity index (χ1) is 11.6. The number of halogens is 1. The highest BCUT2D eigenvalue weighted by molar-refractivity contribution is 5.94. The van der Waals surface area contributed by atoms with E-state index in [1.54, 1.807) is 0 Å². The summed E-state index contributed by atoms with van der Waals surface area (Å²) in [6.07, 6.45) is 2.00. The number of nitrogens with one attached hydrogen (secondary N) is 1. The number of rotatable bonds is 5. The number of morpholine rings is 1. The molecule has 3 rings (SSSR count). The molecule has 6 heteroatoms. The van der Waals surface area contributed by atoms with E-state index in [1.165, 1.54) is 24.3 Å². The van der Waals surface area contributed by atoms with Crippen LogP contribution in [0.2, 0.25) is 0 Å². The predicted molar refractivity (Wildman–Crippen MR) is 89.3 cm³/mol. The Morgan fingerprint density at radius 1 is 1.25 bits per heavy atom. The third-order valence-corrected chi connectivity index (χ3v) is 4.37. The van der Waals surface area contributed by atoms with Crippen LogP contribution >= 0.6 is 0 Å². The summed E-state index contributed by atoms with van der Waals surface area (Å²) in [6.45, 7) is 3.57. The zero-order valence-corrected chi connectivity index (χ0v) is 13.7. The van der Waals surface area contributed by atoms with Crippen molar-refractivity contribution in [3.05, 3.63) is 59.7 Å². The molecular weight excluding hydrogens is 309 g/mol. The van der Waals surface area contributed by atoms with Gasteiger partial charge in [-0.05, 0) is 36.4 Å². The van der Waals surface area contributed by atoms with Gasteiger partial charge in [0.15, 0.2) is 0 Å². The Kier molecular flexibility index (Phi) is 5.27. The Hall–Kier alpha value is -2.18. The van der Waals surface area contributed by atoms with E-state index < -0.39 is 0 Å². The number of aromatic nitrogens is 1. The fraction of sp³-hybridized carbons (Fsp3) is 0.389. The van der Waals surface area contributed by atoms with Gasteiger partial charge in [0.05, 0.1) is 19.3 Å². The van der Waals surface area contributed by atoms with Crippen molar-refractivity contribution >= 4 is 5.91 Å². The van der Waals surface area contributed by atoms with Crippen LogP contribution in [0.3, 0.4) is 0 Å². The summed E-state index contributed by atoms with van der Waals surface area (Å²) >= 11 is 0. The van der Waals surface area contributed by atoms with Crippen LogP contribution in [0.15, 0.2) is 42.6 Å². The quantitative estimate of drug-likeness (QED) is 0.911. The van der Waals surface area contributed by atoms with E-state index in [4.69, 9.17) is 4.74 Å². The summed E-state index contributed by atoms with van der Waals surface area (Å²) in [5.74, 6) is -0.538. The molecule has 5 nitrogen and oxygen atoms in total. The van der Waals surface area contributed by atoms with Gasteiger partial charge in [-0.2, -0.15) is 0 Å². The molecule has 1 amide bonds. The van der Waals surface area contributed by atoms with Crippen LogP contribution in [0.25, 0.3) is 0 Å². The molecule has 0 saturated carbocycles. The summed E-state index contributed by atoms with van der Waals surface area (Å²) < 4.78 is 20.5. The minimum Gasteiger partial charge on any atom is -0.379 e. The molecule has 1 N–H and O–H groups in total. The molecule has 1 aromatic carbocycles. The van der Waals surface area contributed by atoms with Crippen molar-refractivity contribution in [2.45, 2.75) is 6.04 Å². The lowest BCUT2D eigenvalue weighted by Crippen LogP contribution is -2.44. The number of ether oxygens (including phenoxy) is 1. The van der Waals surface area contributed by atoms with Gasteiger partial charge >= 0.3 is 0 Å². The summed E-state index contributed by atoms with van der Waals surface area (Å²) in [4.78, 5) is 14.6.